The number of piperazine rings is 1. The van der Waals surface area contributed by atoms with Crippen molar-refractivity contribution in [2.75, 3.05) is 39.8 Å². The number of carbonyl (C=O) groups is 1. The third-order valence-corrected chi connectivity index (χ3v) is 4.83. The molecule has 1 saturated heterocycles. The Morgan fingerprint density at radius 1 is 1.14 bits per heavy atom. The molecule has 1 aliphatic rings. The minimum absolute atomic E-state index is 0. The number of rotatable bonds is 6. The zero-order valence-electron chi connectivity index (χ0n) is 17.0. The van der Waals surface area contributed by atoms with E-state index in [1.807, 2.05) is 41.3 Å². The maximum Gasteiger partial charge on any atom is 0.219 e. The van der Waals surface area contributed by atoms with Crippen molar-refractivity contribution in [3.8, 4) is 5.75 Å². The van der Waals surface area contributed by atoms with Crippen LogP contribution in [0.2, 0.25) is 0 Å². The molecule has 0 unspecified atom stereocenters. The van der Waals surface area contributed by atoms with E-state index in [-0.39, 0.29) is 29.9 Å². The first-order valence-electron chi connectivity index (χ1n) is 9.60. The highest BCUT2D eigenvalue weighted by molar-refractivity contribution is 14.0. The van der Waals surface area contributed by atoms with Gasteiger partial charge in [0.1, 0.15) is 11.5 Å². The van der Waals surface area contributed by atoms with Crippen LogP contribution in [-0.4, -0.2) is 61.5 Å². The van der Waals surface area contributed by atoms with Gasteiger partial charge in [-0.3, -0.25) is 4.79 Å². The van der Waals surface area contributed by atoms with Crippen LogP contribution >= 0.6 is 24.0 Å². The number of furan rings is 1. The highest BCUT2D eigenvalue weighted by Gasteiger charge is 2.21. The molecule has 29 heavy (non-hydrogen) atoms. The van der Waals surface area contributed by atoms with Crippen molar-refractivity contribution in [3.63, 3.8) is 0 Å². The van der Waals surface area contributed by atoms with Crippen molar-refractivity contribution in [1.82, 2.24) is 15.1 Å². The van der Waals surface area contributed by atoms with E-state index in [0.29, 0.717) is 6.54 Å². The Bertz CT molecular complexity index is 770. The van der Waals surface area contributed by atoms with E-state index < -0.39 is 0 Å². The van der Waals surface area contributed by atoms with Crippen LogP contribution in [0.4, 0.5) is 0 Å². The lowest BCUT2D eigenvalue weighted by Crippen LogP contribution is -2.53. The van der Waals surface area contributed by atoms with Crippen molar-refractivity contribution < 1.29 is 13.9 Å². The summed E-state index contributed by atoms with van der Waals surface area (Å²) in [5, 5.41) is 3.45. The maximum absolute atomic E-state index is 11.6. The minimum atomic E-state index is 0. The van der Waals surface area contributed by atoms with Crippen LogP contribution in [0.3, 0.4) is 0 Å². The molecule has 158 valence electrons. The number of hydrogen-bond donors (Lipinski definition) is 1. The van der Waals surface area contributed by atoms with E-state index in [4.69, 9.17) is 14.1 Å². The predicted molar refractivity (Wildman–Crippen MR) is 124 cm³/mol. The van der Waals surface area contributed by atoms with E-state index in [1.54, 1.807) is 20.3 Å². The molecule has 2 aromatic rings. The van der Waals surface area contributed by atoms with Crippen LogP contribution in [-0.2, 0) is 17.8 Å². The Morgan fingerprint density at radius 3 is 2.41 bits per heavy atom. The van der Waals surface area contributed by atoms with Gasteiger partial charge in [0.15, 0.2) is 5.96 Å². The van der Waals surface area contributed by atoms with Gasteiger partial charge in [-0.15, -0.1) is 24.0 Å². The summed E-state index contributed by atoms with van der Waals surface area (Å²) in [6.45, 7) is 5.93. The van der Waals surface area contributed by atoms with Crippen LogP contribution in [0, 0.1) is 0 Å². The number of hydrogen-bond acceptors (Lipinski definition) is 4. The van der Waals surface area contributed by atoms with Gasteiger partial charge in [0.05, 0.1) is 19.9 Å². The fourth-order valence-corrected chi connectivity index (χ4v) is 3.15. The number of carbonyl (C=O) groups excluding carboxylic acids is 1. The Kier molecular flexibility index (Phi) is 9.30. The van der Waals surface area contributed by atoms with Crippen molar-refractivity contribution in [3.05, 3.63) is 54.0 Å². The zero-order chi connectivity index (χ0) is 19.8. The average Bonchev–Trinajstić information content (AvgIpc) is 3.24. The Labute approximate surface area is 189 Å². The second-order valence-corrected chi connectivity index (χ2v) is 6.74. The molecular formula is C21H29IN4O3. The number of guanidine groups is 1. The number of halogens is 1. The lowest BCUT2D eigenvalue weighted by Gasteiger charge is -2.36. The number of aliphatic imine (C=N–C) groups is 1. The summed E-state index contributed by atoms with van der Waals surface area (Å²) in [5.41, 5.74) is 1.12. The van der Waals surface area contributed by atoms with Crippen LogP contribution < -0.4 is 10.1 Å². The van der Waals surface area contributed by atoms with Gasteiger partial charge in [-0.2, -0.15) is 0 Å². The molecule has 1 N–H and O–H groups in total. The third-order valence-electron chi connectivity index (χ3n) is 4.83. The molecule has 0 saturated carbocycles. The monoisotopic (exact) mass is 512 g/mol. The van der Waals surface area contributed by atoms with Crippen molar-refractivity contribution in [1.29, 1.82) is 0 Å². The Balaban J connectivity index is 0.00000300. The molecule has 0 bridgehead atoms. The Hall–Kier alpha value is -2.23. The number of methoxy groups -OCH3 is 1. The molecule has 1 amide bonds. The largest absolute Gasteiger partial charge is 0.497 e. The molecule has 2 heterocycles. The number of ether oxygens (including phenoxy) is 1. The molecule has 0 aliphatic carbocycles. The standard InChI is InChI=1S/C21H28N4O3.HI/c1-17(26)24-11-13-25(14-12-24)21(22-10-9-20-4-3-15-28-20)23-16-18-5-7-19(27-2)8-6-18;/h3-8,15H,9-14,16H2,1-2H3,(H,22,23);1H. The number of amides is 1. The summed E-state index contributed by atoms with van der Waals surface area (Å²) in [6, 6.07) is 11.8. The SMILES string of the molecule is COc1ccc(CN=C(NCCc2ccco2)N2CCN(C(C)=O)CC2)cc1.I. The Morgan fingerprint density at radius 2 is 1.83 bits per heavy atom. The zero-order valence-corrected chi connectivity index (χ0v) is 19.3. The van der Waals surface area contributed by atoms with Gasteiger partial charge in [-0.1, -0.05) is 12.1 Å². The molecular weight excluding hydrogens is 483 g/mol. The van der Waals surface area contributed by atoms with Crippen molar-refractivity contribution >= 4 is 35.8 Å². The lowest BCUT2D eigenvalue weighted by atomic mass is 10.2. The summed E-state index contributed by atoms with van der Waals surface area (Å²) in [7, 11) is 1.66. The van der Waals surface area contributed by atoms with E-state index in [9.17, 15) is 4.79 Å². The molecule has 1 aromatic heterocycles. The van der Waals surface area contributed by atoms with Gasteiger partial charge in [0.25, 0.3) is 0 Å². The normalized spacial score (nSPS) is 14.3. The first-order chi connectivity index (χ1) is 13.7. The van der Waals surface area contributed by atoms with Gasteiger partial charge in [0, 0.05) is 46.1 Å². The first kappa shape index (κ1) is 23.1. The highest BCUT2D eigenvalue weighted by atomic mass is 127. The maximum atomic E-state index is 11.6. The number of nitrogens with one attached hydrogen (secondary N) is 1. The summed E-state index contributed by atoms with van der Waals surface area (Å²) in [4.78, 5) is 20.5. The molecule has 0 spiro atoms. The lowest BCUT2D eigenvalue weighted by molar-refractivity contribution is -0.130. The second kappa shape index (κ2) is 11.7. The van der Waals surface area contributed by atoms with Crippen molar-refractivity contribution in [2.24, 2.45) is 4.99 Å². The number of nitrogens with zero attached hydrogens (tertiary/aromatic N) is 3. The van der Waals surface area contributed by atoms with Gasteiger partial charge in [-0.05, 0) is 29.8 Å². The van der Waals surface area contributed by atoms with Crippen LogP contribution in [0.5, 0.6) is 5.75 Å². The summed E-state index contributed by atoms with van der Waals surface area (Å²) in [5.74, 6) is 2.78. The third kappa shape index (κ3) is 6.95. The summed E-state index contributed by atoms with van der Waals surface area (Å²) < 4.78 is 10.6. The van der Waals surface area contributed by atoms with Gasteiger partial charge in [-0.25, -0.2) is 4.99 Å². The smallest absolute Gasteiger partial charge is 0.219 e. The van der Waals surface area contributed by atoms with Crippen LogP contribution in [0.1, 0.15) is 18.2 Å². The van der Waals surface area contributed by atoms with E-state index >= 15 is 0 Å². The van der Waals surface area contributed by atoms with Gasteiger partial charge >= 0.3 is 0 Å². The minimum Gasteiger partial charge on any atom is -0.497 e. The number of benzene rings is 1. The molecule has 1 aromatic carbocycles. The molecule has 0 atom stereocenters. The molecule has 8 heteroatoms. The molecule has 3 rings (SSSR count). The van der Waals surface area contributed by atoms with Crippen LogP contribution in [0.15, 0.2) is 52.1 Å². The average molecular weight is 512 g/mol. The van der Waals surface area contributed by atoms with Crippen molar-refractivity contribution in [2.45, 2.75) is 19.9 Å². The fraction of sp³-hybridized carbons (Fsp3) is 0.429. The molecule has 1 fully saturated rings. The van der Waals surface area contributed by atoms with E-state index in [2.05, 4.69) is 10.2 Å². The molecule has 0 radical (unpaired) electrons. The fourth-order valence-electron chi connectivity index (χ4n) is 3.15. The van der Waals surface area contributed by atoms with E-state index in [0.717, 1.165) is 62.2 Å². The topological polar surface area (TPSA) is 70.3 Å². The van der Waals surface area contributed by atoms with E-state index in [1.165, 1.54) is 0 Å². The predicted octanol–water partition coefficient (Wildman–Crippen LogP) is 2.76. The molecule has 1 aliphatic heterocycles. The summed E-state index contributed by atoms with van der Waals surface area (Å²) in [6.07, 6.45) is 2.48. The molecule has 7 nitrogen and oxygen atoms in total. The first-order valence-corrected chi connectivity index (χ1v) is 9.60. The highest BCUT2D eigenvalue weighted by Crippen LogP contribution is 2.12. The van der Waals surface area contributed by atoms with Gasteiger partial charge in [0.2, 0.25) is 5.91 Å². The summed E-state index contributed by atoms with van der Waals surface area (Å²) >= 11 is 0. The quantitative estimate of drug-likeness (QED) is 0.366. The van der Waals surface area contributed by atoms with Crippen LogP contribution in [0.25, 0.3) is 0 Å². The van der Waals surface area contributed by atoms with Gasteiger partial charge < -0.3 is 24.3 Å². The second-order valence-electron chi connectivity index (χ2n) is 6.74.